The van der Waals surface area contributed by atoms with E-state index in [0.717, 1.165) is 43.1 Å². The van der Waals surface area contributed by atoms with Crippen molar-refractivity contribution >= 4 is 17.3 Å². The van der Waals surface area contributed by atoms with E-state index in [1.54, 1.807) is 13.3 Å². The molecule has 6 nitrogen and oxygen atoms in total. The van der Waals surface area contributed by atoms with Gasteiger partial charge in [0.15, 0.2) is 11.5 Å². The highest BCUT2D eigenvalue weighted by Crippen LogP contribution is 2.18. The van der Waals surface area contributed by atoms with Gasteiger partial charge in [0.25, 0.3) is 0 Å². The lowest BCUT2D eigenvalue weighted by atomic mass is 10.2. The molecule has 0 aliphatic carbocycles. The molecule has 0 aliphatic rings. The van der Waals surface area contributed by atoms with E-state index in [1.165, 1.54) is 0 Å². The third-order valence-electron chi connectivity index (χ3n) is 3.28. The normalized spacial score (nSPS) is 12.5. The Morgan fingerprint density at radius 1 is 1.33 bits per heavy atom. The first-order chi connectivity index (χ1) is 10.3. The van der Waals surface area contributed by atoms with Gasteiger partial charge in [0.2, 0.25) is 0 Å². The number of methoxy groups -OCH3 is 1. The number of fused-ring (bicyclic) bond motifs is 1. The highest BCUT2D eigenvalue weighted by atomic mass is 16.5. The standard InChI is InChI=1S/C15H25N5O/c1-4-6-12(11-21-3)18-14-15-17-8-9-20(15)10-13(19-14)16-7-5-2/h8-10,12,16H,4-7,11H2,1-3H3,(H,18,19). The van der Waals surface area contributed by atoms with Crippen molar-refractivity contribution in [2.75, 3.05) is 30.9 Å². The van der Waals surface area contributed by atoms with Crippen molar-refractivity contribution in [1.29, 1.82) is 0 Å². The van der Waals surface area contributed by atoms with Gasteiger partial charge < -0.3 is 19.8 Å². The summed E-state index contributed by atoms with van der Waals surface area (Å²) >= 11 is 0. The van der Waals surface area contributed by atoms with Gasteiger partial charge in [-0.25, -0.2) is 9.97 Å². The lowest BCUT2D eigenvalue weighted by Crippen LogP contribution is -2.26. The van der Waals surface area contributed by atoms with E-state index in [2.05, 4.69) is 34.4 Å². The minimum atomic E-state index is 0.245. The van der Waals surface area contributed by atoms with E-state index in [-0.39, 0.29) is 6.04 Å². The van der Waals surface area contributed by atoms with Crippen LogP contribution in [0.25, 0.3) is 5.65 Å². The topological polar surface area (TPSA) is 63.5 Å². The third kappa shape index (κ3) is 4.07. The molecule has 0 bridgehead atoms. The Labute approximate surface area is 125 Å². The fourth-order valence-electron chi connectivity index (χ4n) is 2.31. The van der Waals surface area contributed by atoms with Crippen LogP contribution in [0.3, 0.4) is 0 Å². The van der Waals surface area contributed by atoms with E-state index in [4.69, 9.17) is 4.74 Å². The maximum absolute atomic E-state index is 5.28. The molecular formula is C15H25N5O. The second-order valence-electron chi connectivity index (χ2n) is 5.14. The zero-order valence-corrected chi connectivity index (χ0v) is 13.1. The summed E-state index contributed by atoms with van der Waals surface area (Å²) in [6, 6.07) is 0.245. The summed E-state index contributed by atoms with van der Waals surface area (Å²) in [5, 5.41) is 6.79. The number of rotatable bonds is 9. The van der Waals surface area contributed by atoms with Crippen LogP contribution in [0.2, 0.25) is 0 Å². The zero-order valence-electron chi connectivity index (χ0n) is 13.1. The molecule has 2 aromatic heterocycles. The molecule has 0 aliphatic heterocycles. The average molecular weight is 291 g/mol. The number of nitrogens with zero attached hydrogens (tertiary/aromatic N) is 3. The molecule has 0 saturated heterocycles. The smallest absolute Gasteiger partial charge is 0.180 e. The molecule has 0 aromatic carbocycles. The lowest BCUT2D eigenvalue weighted by Gasteiger charge is -2.19. The van der Waals surface area contributed by atoms with Crippen LogP contribution in [0.15, 0.2) is 18.6 Å². The molecule has 1 atom stereocenters. The Kier molecular flexibility index (Phi) is 5.80. The Morgan fingerprint density at radius 3 is 2.90 bits per heavy atom. The molecule has 2 aromatic rings. The number of aromatic nitrogens is 3. The van der Waals surface area contributed by atoms with E-state index >= 15 is 0 Å². The highest BCUT2D eigenvalue weighted by molar-refractivity contribution is 5.65. The molecule has 0 saturated carbocycles. The lowest BCUT2D eigenvalue weighted by molar-refractivity contribution is 0.182. The van der Waals surface area contributed by atoms with Gasteiger partial charge in [-0.15, -0.1) is 0 Å². The number of nitrogens with one attached hydrogen (secondary N) is 2. The van der Waals surface area contributed by atoms with E-state index < -0.39 is 0 Å². The molecule has 2 heterocycles. The minimum Gasteiger partial charge on any atom is -0.383 e. The van der Waals surface area contributed by atoms with E-state index in [9.17, 15) is 0 Å². The van der Waals surface area contributed by atoms with Crippen LogP contribution in [0, 0.1) is 0 Å². The van der Waals surface area contributed by atoms with Crippen LogP contribution < -0.4 is 10.6 Å². The summed E-state index contributed by atoms with van der Waals surface area (Å²) in [7, 11) is 1.72. The molecule has 6 heteroatoms. The summed E-state index contributed by atoms with van der Waals surface area (Å²) in [5.74, 6) is 1.66. The molecule has 0 radical (unpaired) electrons. The first-order valence-electron chi connectivity index (χ1n) is 7.61. The van der Waals surface area contributed by atoms with Crippen molar-refractivity contribution < 1.29 is 4.74 Å². The van der Waals surface area contributed by atoms with Crippen molar-refractivity contribution in [2.45, 2.75) is 39.2 Å². The highest BCUT2D eigenvalue weighted by Gasteiger charge is 2.13. The van der Waals surface area contributed by atoms with Gasteiger partial charge in [-0.1, -0.05) is 20.3 Å². The predicted molar refractivity (Wildman–Crippen MR) is 86.0 cm³/mol. The number of hydrogen-bond acceptors (Lipinski definition) is 5. The molecule has 0 amide bonds. The monoisotopic (exact) mass is 291 g/mol. The maximum Gasteiger partial charge on any atom is 0.180 e. The largest absolute Gasteiger partial charge is 0.383 e. The van der Waals surface area contributed by atoms with Crippen LogP contribution in [0.5, 0.6) is 0 Å². The molecule has 2 N–H and O–H groups in total. The van der Waals surface area contributed by atoms with Gasteiger partial charge in [-0.3, -0.25) is 0 Å². The molecule has 0 spiro atoms. The molecule has 0 fully saturated rings. The fraction of sp³-hybridized carbons (Fsp3) is 0.600. The molecule has 116 valence electrons. The summed E-state index contributed by atoms with van der Waals surface area (Å²) in [5.41, 5.74) is 0.842. The minimum absolute atomic E-state index is 0.245. The van der Waals surface area contributed by atoms with E-state index in [0.29, 0.717) is 6.61 Å². The molecule has 21 heavy (non-hydrogen) atoms. The molecular weight excluding hydrogens is 266 g/mol. The SMILES string of the molecule is CCCNc1cn2ccnc2c(NC(CCC)COC)n1. The first kappa shape index (κ1) is 15.6. The maximum atomic E-state index is 5.28. The van der Waals surface area contributed by atoms with Gasteiger partial charge >= 0.3 is 0 Å². The average Bonchev–Trinajstić information content (AvgIpc) is 2.94. The predicted octanol–water partition coefficient (Wildman–Crippen LogP) is 2.78. The number of anilines is 2. The fourth-order valence-corrected chi connectivity index (χ4v) is 2.31. The van der Waals surface area contributed by atoms with Crippen molar-refractivity contribution in [3.63, 3.8) is 0 Å². The van der Waals surface area contributed by atoms with E-state index in [1.807, 2.05) is 16.8 Å². The first-order valence-corrected chi connectivity index (χ1v) is 7.61. The number of hydrogen-bond donors (Lipinski definition) is 2. The van der Waals surface area contributed by atoms with Crippen molar-refractivity contribution in [1.82, 2.24) is 14.4 Å². The number of ether oxygens (including phenoxy) is 1. The third-order valence-corrected chi connectivity index (χ3v) is 3.28. The van der Waals surface area contributed by atoms with Crippen LogP contribution in [-0.2, 0) is 4.74 Å². The molecule has 1 unspecified atom stereocenters. The summed E-state index contributed by atoms with van der Waals surface area (Å²) in [6.45, 7) is 5.87. The Balaban J connectivity index is 2.24. The van der Waals surface area contributed by atoms with Crippen molar-refractivity contribution in [2.24, 2.45) is 0 Å². The van der Waals surface area contributed by atoms with Crippen molar-refractivity contribution in [3.8, 4) is 0 Å². The quantitative estimate of drug-likeness (QED) is 0.744. The summed E-state index contributed by atoms with van der Waals surface area (Å²) < 4.78 is 7.27. The van der Waals surface area contributed by atoms with Crippen LogP contribution in [0.1, 0.15) is 33.1 Å². The Hall–Kier alpha value is -1.82. The Morgan fingerprint density at radius 2 is 2.19 bits per heavy atom. The second kappa shape index (κ2) is 7.83. The number of imidazole rings is 1. The van der Waals surface area contributed by atoms with Gasteiger partial charge in [-0.05, 0) is 12.8 Å². The van der Waals surface area contributed by atoms with Crippen LogP contribution in [0.4, 0.5) is 11.6 Å². The zero-order chi connectivity index (χ0) is 15.1. The summed E-state index contributed by atoms with van der Waals surface area (Å²) in [6.07, 6.45) is 8.89. The van der Waals surface area contributed by atoms with Crippen LogP contribution in [-0.4, -0.2) is 40.7 Å². The second-order valence-corrected chi connectivity index (χ2v) is 5.14. The van der Waals surface area contributed by atoms with Gasteiger partial charge in [-0.2, -0.15) is 0 Å². The molecule has 2 rings (SSSR count). The van der Waals surface area contributed by atoms with Crippen LogP contribution >= 0.6 is 0 Å². The summed E-state index contributed by atoms with van der Waals surface area (Å²) in [4.78, 5) is 9.04. The van der Waals surface area contributed by atoms with Gasteiger partial charge in [0, 0.05) is 26.0 Å². The Bertz CT molecular complexity index is 548. The van der Waals surface area contributed by atoms with Gasteiger partial charge in [0.1, 0.15) is 5.82 Å². The van der Waals surface area contributed by atoms with Gasteiger partial charge in [0.05, 0.1) is 18.8 Å². The van der Waals surface area contributed by atoms with Crippen molar-refractivity contribution in [3.05, 3.63) is 18.6 Å².